The summed E-state index contributed by atoms with van der Waals surface area (Å²) < 4.78 is 9.93. The number of nitro groups is 2. The number of alkyl carbamates (subject to hydrolysis) is 1. The fourth-order valence-corrected chi connectivity index (χ4v) is 6.15. The molecule has 17 heteroatoms. The second-order valence-corrected chi connectivity index (χ2v) is 11.5. The van der Waals surface area contributed by atoms with E-state index in [9.17, 15) is 49.3 Å². The van der Waals surface area contributed by atoms with Crippen LogP contribution in [0.4, 0.5) is 16.2 Å². The van der Waals surface area contributed by atoms with Gasteiger partial charge in [-0.25, -0.2) is 19.2 Å². The maximum Gasteiger partial charge on any atom is 0.415 e. The largest absolute Gasteiger partial charge is 0.415 e. The number of aliphatic hydroxyl groups excluding tert-OH is 1. The number of rotatable bonds is 9. The normalized spacial score (nSPS) is 22.6. The molecule has 2 fully saturated rings. The maximum absolute atomic E-state index is 13.4. The Morgan fingerprint density at radius 3 is 1.98 bits per heavy atom. The van der Waals surface area contributed by atoms with Gasteiger partial charge in [0.15, 0.2) is 0 Å². The second kappa shape index (κ2) is 13.1. The van der Waals surface area contributed by atoms with Crippen molar-refractivity contribution in [3.05, 3.63) is 91.2 Å². The summed E-state index contributed by atoms with van der Waals surface area (Å²) in [6.07, 6.45) is -1.56. The Bertz CT molecular complexity index is 1690. The molecule has 47 heavy (non-hydrogen) atoms. The van der Waals surface area contributed by atoms with Gasteiger partial charge in [-0.3, -0.25) is 29.9 Å². The lowest BCUT2D eigenvalue weighted by Crippen LogP contribution is -2.63. The van der Waals surface area contributed by atoms with Crippen LogP contribution in [0.1, 0.15) is 41.0 Å². The maximum atomic E-state index is 13.4. The summed E-state index contributed by atoms with van der Waals surface area (Å²) in [6, 6.07) is 8.01. The third-order valence-electron chi connectivity index (χ3n) is 8.50. The molecule has 2 N–H and O–H groups in total. The smallest absolute Gasteiger partial charge is 0.393 e. The van der Waals surface area contributed by atoms with Crippen molar-refractivity contribution in [2.45, 2.75) is 38.5 Å². The van der Waals surface area contributed by atoms with Crippen LogP contribution in [-0.2, 0) is 19.1 Å². The minimum atomic E-state index is -1.09. The number of nitrogens with zero attached hydrogens (tertiary/aromatic N) is 4. The van der Waals surface area contributed by atoms with Crippen molar-refractivity contribution in [1.82, 2.24) is 15.1 Å². The van der Waals surface area contributed by atoms with E-state index in [4.69, 9.17) is 9.47 Å². The number of nitrogens with one attached hydrogen (secondary N) is 1. The minimum absolute atomic E-state index is 0.0536. The summed E-state index contributed by atoms with van der Waals surface area (Å²) in [5, 5.41) is 34.6. The van der Waals surface area contributed by atoms with E-state index in [-0.39, 0.29) is 41.3 Å². The van der Waals surface area contributed by atoms with Gasteiger partial charge in [0.05, 0.1) is 39.0 Å². The Balaban J connectivity index is 1.25. The molecule has 0 bridgehead atoms. The minimum Gasteiger partial charge on any atom is -0.393 e. The van der Waals surface area contributed by atoms with Crippen LogP contribution in [0.25, 0.3) is 0 Å². The zero-order valence-corrected chi connectivity index (χ0v) is 25.1. The third kappa shape index (κ3) is 6.56. The van der Waals surface area contributed by atoms with Gasteiger partial charge in [0.25, 0.3) is 11.4 Å². The number of hydrogen-bond acceptors (Lipinski definition) is 13. The summed E-state index contributed by atoms with van der Waals surface area (Å²) in [6.45, 7) is 4.14. The number of carbonyl (C=O) groups excluding carboxylic acids is 5. The Hall–Kier alpha value is -5.55. The van der Waals surface area contributed by atoms with Crippen LogP contribution < -0.4 is 5.32 Å². The van der Waals surface area contributed by atoms with Gasteiger partial charge < -0.3 is 24.8 Å². The lowest BCUT2D eigenvalue weighted by molar-refractivity contribution is -0.385. The van der Waals surface area contributed by atoms with Crippen LogP contribution in [0.5, 0.6) is 0 Å². The molecule has 0 unspecified atom stereocenters. The van der Waals surface area contributed by atoms with E-state index >= 15 is 0 Å². The number of benzene rings is 2. The van der Waals surface area contributed by atoms with Crippen LogP contribution in [0.3, 0.4) is 0 Å². The van der Waals surface area contributed by atoms with Gasteiger partial charge in [0.2, 0.25) is 5.91 Å². The molecule has 3 aliphatic heterocycles. The fraction of sp³-hybridized carbons (Fsp3) is 0.367. The first-order valence-corrected chi connectivity index (χ1v) is 14.5. The first kappa shape index (κ1) is 32.8. The third-order valence-corrected chi connectivity index (χ3v) is 8.50. The van der Waals surface area contributed by atoms with Crippen LogP contribution in [-0.4, -0.2) is 92.5 Å². The number of amides is 2. The summed E-state index contributed by atoms with van der Waals surface area (Å²) >= 11 is 0. The topological polar surface area (TPSA) is 229 Å². The monoisotopic (exact) mass is 651 g/mol. The molecule has 0 aromatic heterocycles. The average Bonchev–Trinajstić information content (AvgIpc) is 3.56. The SMILES string of the molecule is C[C@@H](O)[C@H]1C(=O)N2C(C(=O)OC(=O)c3ccc([N+](=O)[O-])cc3)=C(CN3CC[C@@H](NC(=O)OC(=O)c4ccc([N+](=O)[O-])cc4)C3)[C@H](C)[C@H]12. The van der Waals surface area contributed by atoms with Gasteiger partial charge >= 0.3 is 24.0 Å². The van der Waals surface area contributed by atoms with Gasteiger partial charge in [-0.15, -0.1) is 0 Å². The van der Waals surface area contributed by atoms with E-state index in [1.165, 1.54) is 24.0 Å². The highest BCUT2D eigenvalue weighted by Gasteiger charge is 2.60. The van der Waals surface area contributed by atoms with Crippen molar-refractivity contribution in [3.63, 3.8) is 0 Å². The highest BCUT2D eigenvalue weighted by molar-refractivity contribution is 6.06. The van der Waals surface area contributed by atoms with Gasteiger partial charge in [-0.2, -0.15) is 0 Å². The Kier molecular flexibility index (Phi) is 9.12. The van der Waals surface area contributed by atoms with Crippen LogP contribution in [0.15, 0.2) is 59.8 Å². The van der Waals surface area contributed by atoms with Gasteiger partial charge in [0.1, 0.15) is 5.70 Å². The Labute approximate surface area is 266 Å². The molecule has 0 spiro atoms. The van der Waals surface area contributed by atoms with E-state index in [0.717, 1.165) is 36.4 Å². The number of esters is 3. The average molecular weight is 652 g/mol. The van der Waals surface area contributed by atoms with Gasteiger partial charge in [-0.05, 0) is 43.2 Å². The molecule has 0 radical (unpaired) electrons. The standard InChI is InChI=1S/C30H29N5O12/c1-15-22(14-32-12-11-19(13-32)31-30(41)47-28(39)18-5-9-21(10-6-18)35(44)45)25(33-24(15)23(16(2)36)26(33)37)29(40)46-27(38)17-3-7-20(8-4-17)34(42)43/h3-10,15-16,19,23-24,36H,11-14H2,1-2H3,(H,31,41)/t15-,16+,19+,23+,24+/m0/s1. The zero-order chi connectivity index (χ0) is 34.2. The van der Waals surface area contributed by atoms with Crippen LogP contribution in [0.2, 0.25) is 0 Å². The molecule has 2 aromatic carbocycles. The molecular weight excluding hydrogens is 622 g/mol. The number of carbonyl (C=O) groups is 5. The summed E-state index contributed by atoms with van der Waals surface area (Å²) in [7, 11) is 0. The highest BCUT2D eigenvalue weighted by atomic mass is 16.6. The van der Waals surface area contributed by atoms with Crippen molar-refractivity contribution < 1.29 is 48.4 Å². The molecule has 2 saturated heterocycles. The molecular formula is C30H29N5O12. The molecule has 3 heterocycles. The first-order valence-electron chi connectivity index (χ1n) is 14.5. The quantitative estimate of drug-likeness (QED) is 0.130. The predicted octanol–water partition coefficient (Wildman–Crippen LogP) is 1.94. The Morgan fingerprint density at radius 2 is 1.47 bits per heavy atom. The zero-order valence-electron chi connectivity index (χ0n) is 25.1. The molecule has 2 amide bonds. The van der Waals surface area contributed by atoms with E-state index in [2.05, 4.69) is 5.32 Å². The van der Waals surface area contributed by atoms with Crippen LogP contribution in [0, 0.1) is 32.1 Å². The number of nitro benzene ring substituents is 2. The van der Waals surface area contributed by atoms with Crippen molar-refractivity contribution in [3.8, 4) is 0 Å². The van der Waals surface area contributed by atoms with E-state index in [1.54, 1.807) is 6.92 Å². The molecule has 5 rings (SSSR count). The lowest BCUT2D eigenvalue weighted by atomic mass is 9.77. The van der Waals surface area contributed by atoms with Crippen molar-refractivity contribution in [2.24, 2.45) is 11.8 Å². The summed E-state index contributed by atoms with van der Waals surface area (Å²) in [4.78, 5) is 87.5. The second-order valence-electron chi connectivity index (χ2n) is 11.5. The van der Waals surface area contributed by atoms with E-state index in [0.29, 0.717) is 18.5 Å². The molecule has 2 aromatic rings. The number of likely N-dealkylation sites (tertiary alicyclic amines) is 1. The number of fused-ring (bicyclic) bond motifs is 1. The van der Waals surface area contributed by atoms with E-state index in [1.807, 2.05) is 4.90 Å². The van der Waals surface area contributed by atoms with Crippen molar-refractivity contribution in [1.29, 1.82) is 0 Å². The van der Waals surface area contributed by atoms with Gasteiger partial charge in [-0.1, -0.05) is 6.92 Å². The number of non-ortho nitro benzene ring substituents is 2. The molecule has 246 valence electrons. The predicted molar refractivity (Wildman–Crippen MR) is 157 cm³/mol. The number of β-lactam (4-membered cyclic amide) rings is 1. The van der Waals surface area contributed by atoms with Crippen LogP contribution >= 0.6 is 0 Å². The number of ether oxygens (including phenoxy) is 2. The fourth-order valence-electron chi connectivity index (χ4n) is 6.15. The highest BCUT2D eigenvalue weighted by Crippen LogP contribution is 2.47. The molecule has 5 atom stereocenters. The molecule has 3 aliphatic rings. The number of aliphatic hydroxyl groups is 1. The molecule has 0 aliphatic carbocycles. The van der Waals surface area contributed by atoms with Crippen molar-refractivity contribution >= 4 is 41.3 Å². The van der Waals surface area contributed by atoms with E-state index < -0.39 is 69.8 Å². The first-order chi connectivity index (χ1) is 22.3. The Morgan fingerprint density at radius 1 is 0.936 bits per heavy atom. The van der Waals surface area contributed by atoms with Gasteiger partial charge in [0, 0.05) is 55.9 Å². The summed E-state index contributed by atoms with van der Waals surface area (Å²) in [5.74, 6) is -4.82. The molecule has 17 nitrogen and oxygen atoms in total. The lowest BCUT2D eigenvalue weighted by Gasteiger charge is -2.46. The van der Waals surface area contributed by atoms with Crippen molar-refractivity contribution in [2.75, 3.05) is 19.6 Å². The number of hydrogen-bond donors (Lipinski definition) is 2. The molecule has 0 saturated carbocycles. The summed E-state index contributed by atoms with van der Waals surface area (Å²) in [5.41, 5.74) is -0.288.